The highest BCUT2D eigenvalue weighted by Gasteiger charge is 2.12. The minimum Gasteiger partial charge on any atom is -0.393 e. The van der Waals surface area contributed by atoms with Crippen molar-refractivity contribution in [2.45, 2.75) is 64.1 Å². The van der Waals surface area contributed by atoms with E-state index in [0.29, 0.717) is 25.6 Å². The molecule has 2 rings (SSSR count). The third-order valence-electron chi connectivity index (χ3n) is 4.58. The second-order valence-electron chi connectivity index (χ2n) is 6.76. The van der Waals surface area contributed by atoms with E-state index in [1.807, 2.05) is 30.3 Å². The molecule has 0 spiro atoms. The summed E-state index contributed by atoms with van der Waals surface area (Å²) >= 11 is 0. The Kier molecular flexibility index (Phi) is 8.78. The standard InChI is InChI=1S/C21H30O3/c22-20(12-7-15-24-17-19-10-5-2-6-11-19)16-21(23)14-13-18-8-3-1-4-9-18/h2,5-6,10-11,13-14,18,20,22H,1,3-4,7-9,12,15-17H2/b14-13+/t20-/m1/s1. The predicted molar refractivity (Wildman–Crippen MR) is 96.7 cm³/mol. The first-order chi connectivity index (χ1) is 11.7. The lowest BCUT2D eigenvalue weighted by atomic mass is 9.89. The number of allylic oxidation sites excluding steroid dienone is 2. The topological polar surface area (TPSA) is 46.5 Å². The highest BCUT2D eigenvalue weighted by Crippen LogP contribution is 2.24. The van der Waals surface area contributed by atoms with Crippen molar-refractivity contribution in [3.05, 3.63) is 48.0 Å². The molecule has 1 atom stereocenters. The van der Waals surface area contributed by atoms with Crippen LogP contribution in [0.3, 0.4) is 0 Å². The van der Waals surface area contributed by atoms with Gasteiger partial charge in [0.05, 0.1) is 12.7 Å². The summed E-state index contributed by atoms with van der Waals surface area (Å²) < 4.78 is 5.59. The fourth-order valence-electron chi connectivity index (χ4n) is 3.16. The molecule has 0 amide bonds. The molecule has 0 unspecified atom stereocenters. The van der Waals surface area contributed by atoms with Crippen LogP contribution in [0.1, 0.15) is 56.9 Å². The fraction of sp³-hybridized carbons (Fsp3) is 0.571. The van der Waals surface area contributed by atoms with Gasteiger partial charge < -0.3 is 9.84 Å². The van der Waals surface area contributed by atoms with Gasteiger partial charge in [0, 0.05) is 13.0 Å². The molecule has 1 aliphatic carbocycles. The van der Waals surface area contributed by atoms with Gasteiger partial charge >= 0.3 is 0 Å². The average Bonchev–Trinajstić information content (AvgIpc) is 2.61. The van der Waals surface area contributed by atoms with Crippen molar-refractivity contribution in [2.75, 3.05) is 6.61 Å². The second-order valence-corrected chi connectivity index (χ2v) is 6.76. The van der Waals surface area contributed by atoms with Gasteiger partial charge in [-0.2, -0.15) is 0 Å². The molecule has 1 aromatic rings. The van der Waals surface area contributed by atoms with Crippen LogP contribution in [-0.2, 0) is 16.1 Å². The number of ether oxygens (including phenoxy) is 1. The number of benzene rings is 1. The van der Waals surface area contributed by atoms with E-state index in [1.165, 1.54) is 32.1 Å². The van der Waals surface area contributed by atoms with Gasteiger partial charge in [-0.25, -0.2) is 0 Å². The second kappa shape index (κ2) is 11.2. The zero-order valence-electron chi connectivity index (χ0n) is 14.5. The maximum Gasteiger partial charge on any atom is 0.157 e. The first-order valence-electron chi connectivity index (χ1n) is 9.25. The summed E-state index contributed by atoms with van der Waals surface area (Å²) in [6.07, 6.45) is 11.0. The minimum absolute atomic E-state index is 0.0401. The Morgan fingerprint density at radius 3 is 2.71 bits per heavy atom. The molecule has 1 aliphatic rings. The lowest BCUT2D eigenvalue weighted by molar-refractivity contribution is -0.116. The van der Waals surface area contributed by atoms with E-state index in [0.717, 1.165) is 12.0 Å². The van der Waals surface area contributed by atoms with E-state index in [1.54, 1.807) is 6.08 Å². The van der Waals surface area contributed by atoms with Crippen molar-refractivity contribution < 1.29 is 14.6 Å². The molecule has 0 aromatic heterocycles. The molecular formula is C21H30O3. The van der Waals surface area contributed by atoms with Crippen LogP contribution in [0.2, 0.25) is 0 Å². The minimum atomic E-state index is -0.561. The molecule has 132 valence electrons. The summed E-state index contributed by atoms with van der Waals surface area (Å²) in [4.78, 5) is 11.9. The van der Waals surface area contributed by atoms with E-state index in [2.05, 4.69) is 6.08 Å². The number of rotatable bonds is 10. The van der Waals surface area contributed by atoms with Crippen molar-refractivity contribution >= 4 is 5.78 Å². The van der Waals surface area contributed by atoms with Gasteiger partial charge in [-0.3, -0.25) is 4.79 Å². The van der Waals surface area contributed by atoms with E-state index in [4.69, 9.17) is 4.74 Å². The molecule has 1 fully saturated rings. The van der Waals surface area contributed by atoms with Gasteiger partial charge in [-0.15, -0.1) is 0 Å². The van der Waals surface area contributed by atoms with Gasteiger partial charge in [0.2, 0.25) is 0 Å². The first-order valence-corrected chi connectivity index (χ1v) is 9.25. The Bertz CT molecular complexity index is 489. The quantitative estimate of drug-likeness (QED) is 0.509. The Hall–Kier alpha value is -1.45. The van der Waals surface area contributed by atoms with Gasteiger partial charge in [0.25, 0.3) is 0 Å². The molecule has 0 saturated heterocycles. The zero-order valence-corrected chi connectivity index (χ0v) is 14.5. The lowest BCUT2D eigenvalue weighted by Gasteiger charge is -2.17. The summed E-state index contributed by atoms with van der Waals surface area (Å²) in [5.41, 5.74) is 1.15. The number of ketones is 1. The van der Waals surface area contributed by atoms with Crippen LogP contribution in [0.5, 0.6) is 0 Å². The SMILES string of the molecule is O=C(/C=C/C1CCCCC1)C[C@H](O)CCCOCc1ccccc1. The number of hydrogen-bond acceptors (Lipinski definition) is 3. The smallest absolute Gasteiger partial charge is 0.157 e. The number of carbonyl (C=O) groups excluding carboxylic acids is 1. The van der Waals surface area contributed by atoms with Crippen molar-refractivity contribution in [3.63, 3.8) is 0 Å². The van der Waals surface area contributed by atoms with E-state index >= 15 is 0 Å². The van der Waals surface area contributed by atoms with E-state index < -0.39 is 6.10 Å². The summed E-state index contributed by atoms with van der Waals surface area (Å²) in [5, 5.41) is 9.96. The van der Waals surface area contributed by atoms with Crippen molar-refractivity contribution in [1.29, 1.82) is 0 Å². The van der Waals surface area contributed by atoms with Crippen LogP contribution in [0.15, 0.2) is 42.5 Å². The number of aliphatic hydroxyl groups is 1. The van der Waals surface area contributed by atoms with Crippen LogP contribution < -0.4 is 0 Å². The van der Waals surface area contributed by atoms with Gasteiger partial charge in [-0.1, -0.05) is 55.7 Å². The third kappa shape index (κ3) is 7.89. The van der Waals surface area contributed by atoms with Crippen LogP contribution >= 0.6 is 0 Å². The molecule has 0 heterocycles. The lowest BCUT2D eigenvalue weighted by Crippen LogP contribution is -2.13. The molecule has 1 saturated carbocycles. The number of hydrogen-bond donors (Lipinski definition) is 1. The Morgan fingerprint density at radius 2 is 1.96 bits per heavy atom. The van der Waals surface area contributed by atoms with Crippen molar-refractivity contribution in [1.82, 2.24) is 0 Å². The van der Waals surface area contributed by atoms with Gasteiger partial charge in [-0.05, 0) is 43.2 Å². The highest BCUT2D eigenvalue weighted by atomic mass is 16.5. The van der Waals surface area contributed by atoms with Crippen molar-refractivity contribution in [2.24, 2.45) is 5.92 Å². The Morgan fingerprint density at radius 1 is 1.21 bits per heavy atom. The molecule has 0 bridgehead atoms. The van der Waals surface area contributed by atoms with Crippen molar-refractivity contribution in [3.8, 4) is 0 Å². The largest absolute Gasteiger partial charge is 0.393 e. The summed E-state index contributed by atoms with van der Waals surface area (Å²) in [6, 6.07) is 10.0. The molecule has 1 aromatic carbocycles. The average molecular weight is 330 g/mol. The molecule has 24 heavy (non-hydrogen) atoms. The molecular weight excluding hydrogens is 300 g/mol. The maximum absolute atomic E-state index is 11.9. The normalized spacial score (nSPS) is 17.2. The van der Waals surface area contributed by atoms with Crippen LogP contribution in [0.4, 0.5) is 0 Å². The van der Waals surface area contributed by atoms with Gasteiger partial charge in [0.1, 0.15) is 0 Å². The maximum atomic E-state index is 11.9. The van der Waals surface area contributed by atoms with Crippen LogP contribution in [0, 0.1) is 5.92 Å². The van der Waals surface area contributed by atoms with Gasteiger partial charge in [0.15, 0.2) is 5.78 Å². The first kappa shape index (κ1) is 18.9. The summed E-state index contributed by atoms with van der Waals surface area (Å²) in [7, 11) is 0. The number of aliphatic hydroxyl groups excluding tert-OH is 1. The number of carbonyl (C=O) groups is 1. The van der Waals surface area contributed by atoms with Crippen LogP contribution in [-0.4, -0.2) is 23.6 Å². The zero-order chi connectivity index (χ0) is 17.0. The van der Waals surface area contributed by atoms with E-state index in [-0.39, 0.29) is 12.2 Å². The molecule has 3 heteroatoms. The molecule has 0 aliphatic heterocycles. The molecule has 1 N–H and O–H groups in total. The Balaban J connectivity index is 1.53. The summed E-state index contributed by atoms with van der Waals surface area (Å²) in [6.45, 7) is 1.21. The Labute approximate surface area is 145 Å². The highest BCUT2D eigenvalue weighted by molar-refractivity contribution is 5.89. The molecule has 0 radical (unpaired) electrons. The third-order valence-corrected chi connectivity index (χ3v) is 4.58. The monoisotopic (exact) mass is 330 g/mol. The summed E-state index contributed by atoms with van der Waals surface area (Å²) in [5.74, 6) is 0.601. The molecule has 3 nitrogen and oxygen atoms in total. The van der Waals surface area contributed by atoms with Crippen LogP contribution in [0.25, 0.3) is 0 Å². The van der Waals surface area contributed by atoms with E-state index in [9.17, 15) is 9.90 Å². The predicted octanol–water partition coefficient (Wildman–Crippen LogP) is 4.44. The fourth-order valence-corrected chi connectivity index (χ4v) is 3.16.